The highest BCUT2D eigenvalue weighted by Crippen LogP contribution is 2.14. The number of amides is 1. The molecule has 1 fully saturated rings. The topological polar surface area (TPSA) is 97.3 Å². The molecule has 2 N–H and O–H groups in total. The second-order valence-electron chi connectivity index (χ2n) is 6.17. The molecule has 0 spiro atoms. The van der Waals surface area contributed by atoms with Crippen LogP contribution in [-0.2, 0) is 11.3 Å². The number of hydrogen-bond donors (Lipinski definition) is 1. The first-order chi connectivity index (χ1) is 12.5. The minimum Gasteiger partial charge on any atom is -0.339 e. The molecular formula is C17H22N6O2S. The minimum absolute atomic E-state index is 0.0178. The Morgan fingerprint density at radius 3 is 2.54 bits per heavy atom. The van der Waals surface area contributed by atoms with Crippen molar-refractivity contribution < 1.29 is 4.79 Å². The third kappa shape index (κ3) is 4.41. The van der Waals surface area contributed by atoms with Gasteiger partial charge in [-0.2, -0.15) is 4.68 Å². The highest BCUT2D eigenvalue weighted by Gasteiger charge is 2.21. The summed E-state index contributed by atoms with van der Waals surface area (Å²) >= 11 is 1.13. The van der Waals surface area contributed by atoms with Crippen LogP contribution in [0.3, 0.4) is 0 Å². The van der Waals surface area contributed by atoms with Crippen molar-refractivity contribution in [2.24, 2.45) is 0 Å². The zero-order valence-corrected chi connectivity index (χ0v) is 15.5. The van der Waals surface area contributed by atoms with Gasteiger partial charge in [-0.25, -0.2) is 0 Å². The number of carbonyl (C=O) groups excluding carboxylic acids is 1. The van der Waals surface area contributed by atoms with E-state index in [-0.39, 0.29) is 22.5 Å². The summed E-state index contributed by atoms with van der Waals surface area (Å²) in [4.78, 5) is 28.3. The maximum atomic E-state index is 12.4. The van der Waals surface area contributed by atoms with E-state index in [1.54, 1.807) is 6.92 Å². The molecule has 0 atom stereocenters. The van der Waals surface area contributed by atoms with Gasteiger partial charge in [-0.3, -0.25) is 14.5 Å². The molecule has 0 bridgehead atoms. The minimum atomic E-state index is -0.399. The molecular weight excluding hydrogens is 352 g/mol. The van der Waals surface area contributed by atoms with Crippen molar-refractivity contribution in [1.82, 2.24) is 24.7 Å². The second kappa shape index (κ2) is 8.33. The lowest BCUT2D eigenvalue weighted by Gasteiger charge is -2.34. The highest BCUT2D eigenvalue weighted by atomic mass is 32.2. The van der Waals surface area contributed by atoms with Crippen molar-refractivity contribution in [3.8, 4) is 0 Å². The summed E-state index contributed by atoms with van der Waals surface area (Å²) in [7, 11) is 0. The van der Waals surface area contributed by atoms with Crippen LogP contribution < -0.4 is 11.4 Å². The Morgan fingerprint density at radius 2 is 1.85 bits per heavy atom. The van der Waals surface area contributed by atoms with Gasteiger partial charge in [0.2, 0.25) is 11.1 Å². The zero-order valence-electron chi connectivity index (χ0n) is 14.7. The third-order valence-electron chi connectivity index (χ3n) is 4.32. The Kier molecular flexibility index (Phi) is 5.89. The SMILES string of the molecule is Cc1nnc(SCC(=O)N2CCN(Cc3ccccc3)CC2)n(N)c1=O. The number of thioether (sulfide) groups is 1. The maximum absolute atomic E-state index is 12.4. The van der Waals surface area contributed by atoms with E-state index in [0.717, 1.165) is 36.1 Å². The second-order valence-corrected chi connectivity index (χ2v) is 7.12. The number of aromatic nitrogens is 3. The molecule has 0 saturated carbocycles. The summed E-state index contributed by atoms with van der Waals surface area (Å²) in [6, 6.07) is 10.3. The lowest BCUT2D eigenvalue weighted by molar-refractivity contribution is -0.130. The average Bonchev–Trinajstić information content (AvgIpc) is 2.67. The van der Waals surface area contributed by atoms with Crippen LogP contribution in [-0.4, -0.2) is 62.5 Å². The van der Waals surface area contributed by atoms with Crippen molar-refractivity contribution >= 4 is 17.7 Å². The van der Waals surface area contributed by atoms with Gasteiger partial charge in [0.05, 0.1) is 5.75 Å². The number of nitrogens with zero attached hydrogens (tertiary/aromatic N) is 5. The van der Waals surface area contributed by atoms with Crippen LogP contribution in [0.25, 0.3) is 0 Å². The molecule has 3 rings (SSSR count). The monoisotopic (exact) mass is 374 g/mol. The number of hydrogen-bond acceptors (Lipinski definition) is 7. The molecule has 0 radical (unpaired) electrons. The van der Waals surface area contributed by atoms with Crippen LogP contribution in [0.2, 0.25) is 0 Å². The lowest BCUT2D eigenvalue weighted by atomic mass is 10.2. The molecule has 9 heteroatoms. The Morgan fingerprint density at radius 1 is 1.15 bits per heavy atom. The molecule has 1 aromatic heterocycles. The molecule has 138 valence electrons. The van der Waals surface area contributed by atoms with Crippen molar-refractivity contribution in [2.75, 3.05) is 37.8 Å². The maximum Gasteiger partial charge on any atom is 0.294 e. The van der Waals surface area contributed by atoms with Gasteiger partial charge in [0.15, 0.2) is 0 Å². The van der Waals surface area contributed by atoms with Crippen LogP contribution in [0, 0.1) is 6.92 Å². The fourth-order valence-corrected chi connectivity index (χ4v) is 3.54. The summed E-state index contributed by atoms with van der Waals surface area (Å²) in [6.45, 7) is 5.53. The molecule has 1 amide bonds. The smallest absolute Gasteiger partial charge is 0.294 e. The number of nitrogen functional groups attached to an aromatic ring is 1. The van der Waals surface area contributed by atoms with Gasteiger partial charge in [0.1, 0.15) is 5.69 Å². The lowest BCUT2D eigenvalue weighted by Crippen LogP contribution is -2.48. The summed E-state index contributed by atoms with van der Waals surface area (Å²) < 4.78 is 0.943. The third-order valence-corrected chi connectivity index (χ3v) is 5.25. The summed E-state index contributed by atoms with van der Waals surface area (Å²) in [6.07, 6.45) is 0. The molecule has 0 unspecified atom stereocenters. The van der Waals surface area contributed by atoms with E-state index in [9.17, 15) is 9.59 Å². The number of aryl methyl sites for hydroxylation is 1. The predicted octanol–water partition coefficient (Wildman–Crippen LogP) is 0.0970. The number of carbonyl (C=O) groups is 1. The first kappa shape index (κ1) is 18.4. The van der Waals surface area contributed by atoms with Gasteiger partial charge >= 0.3 is 0 Å². The first-order valence-electron chi connectivity index (χ1n) is 8.43. The largest absolute Gasteiger partial charge is 0.339 e. The summed E-state index contributed by atoms with van der Waals surface area (Å²) in [5.41, 5.74) is 1.11. The Balaban J connectivity index is 1.48. The first-order valence-corrected chi connectivity index (χ1v) is 9.41. The van der Waals surface area contributed by atoms with Gasteiger partial charge in [-0.1, -0.05) is 42.1 Å². The van der Waals surface area contributed by atoms with E-state index in [4.69, 9.17) is 5.84 Å². The molecule has 8 nitrogen and oxygen atoms in total. The molecule has 26 heavy (non-hydrogen) atoms. The van der Waals surface area contributed by atoms with Crippen LogP contribution in [0.4, 0.5) is 0 Å². The predicted molar refractivity (Wildman–Crippen MR) is 100 cm³/mol. The van der Waals surface area contributed by atoms with E-state index < -0.39 is 5.56 Å². The summed E-state index contributed by atoms with van der Waals surface area (Å²) in [5.74, 6) is 5.89. The van der Waals surface area contributed by atoms with Crippen molar-refractivity contribution in [2.45, 2.75) is 18.6 Å². The van der Waals surface area contributed by atoms with Crippen LogP contribution in [0.5, 0.6) is 0 Å². The molecule has 1 saturated heterocycles. The van der Waals surface area contributed by atoms with Crippen LogP contribution >= 0.6 is 11.8 Å². The van der Waals surface area contributed by atoms with E-state index in [0.29, 0.717) is 13.1 Å². The number of rotatable bonds is 5. The van der Waals surface area contributed by atoms with Crippen molar-refractivity contribution in [3.63, 3.8) is 0 Å². The fourth-order valence-electron chi connectivity index (χ4n) is 2.78. The zero-order chi connectivity index (χ0) is 18.5. The van der Waals surface area contributed by atoms with E-state index in [1.807, 2.05) is 23.1 Å². The molecule has 1 aromatic carbocycles. The van der Waals surface area contributed by atoms with E-state index >= 15 is 0 Å². The number of benzene rings is 1. The van der Waals surface area contributed by atoms with Crippen molar-refractivity contribution in [1.29, 1.82) is 0 Å². The average molecular weight is 374 g/mol. The van der Waals surface area contributed by atoms with Gasteiger partial charge in [-0.05, 0) is 12.5 Å². The molecule has 2 aromatic rings. The Bertz CT molecular complexity index is 818. The van der Waals surface area contributed by atoms with Crippen molar-refractivity contribution in [3.05, 3.63) is 51.9 Å². The highest BCUT2D eigenvalue weighted by molar-refractivity contribution is 7.99. The van der Waals surface area contributed by atoms with Gasteiger partial charge in [-0.15, -0.1) is 10.2 Å². The quantitative estimate of drug-likeness (QED) is 0.585. The number of nitrogens with two attached hydrogens (primary N) is 1. The molecule has 1 aliphatic rings. The van der Waals surface area contributed by atoms with E-state index in [1.165, 1.54) is 5.56 Å². The number of piperazine rings is 1. The Labute approximate surface area is 156 Å². The fraction of sp³-hybridized carbons (Fsp3) is 0.412. The molecule has 2 heterocycles. The van der Waals surface area contributed by atoms with Gasteiger partial charge in [0.25, 0.3) is 5.56 Å². The normalized spacial score (nSPS) is 15.2. The van der Waals surface area contributed by atoms with Crippen LogP contribution in [0.1, 0.15) is 11.3 Å². The summed E-state index contributed by atoms with van der Waals surface area (Å²) in [5, 5.41) is 7.90. The van der Waals surface area contributed by atoms with Gasteiger partial charge in [0, 0.05) is 32.7 Å². The standard InChI is InChI=1S/C17H22N6O2S/c1-13-16(25)23(18)17(20-19-13)26-12-15(24)22-9-7-21(8-10-22)11-14-5-3-2-4-6-14/h2-6H,7-12,18H2,1H3. The molecule has 1 aliphatic heterocycles. The van der Waals surface area contributed by atoms with Gasteiger partial charge < -0.3 is 10.7 Å². The molecule has 0 aliphatic carbocycles. The Hall–Kier alpha value is -2.39. The van der Waals surface area contributed by atoms with E-state index in [2.05, 4.69) is 27.2 Å². The van der Waals surface area contributed by atoms with Crippen LogP contribution in [0.15, 0.2) is 40.3 Å².